The number of carbonyl (C=O) groups is 1. The van der Waals surface area contributed by atoms with Crippen molar-refractivity contribution in [1.29, 1.82) is 0 Å². The van der Waals surface area contributed by atoms with Crippen molar-refractivity contribution in [3.8, 4) is 17.1 Å². The topological polar surface area (TPSA) is 84.3 Å². The van der Waals surface area contributed by atoms with Crippen LogP contribution in [0.15, 0.2) is 30.3 Å². The first-order valence-corrected chi connectivity index (χ1v) is 6.69. The van der Waals surface area contributed by atoms with Gasteiger partial charge >= 0.3 is 5.97 Å². The lowest BCUT2D eigenvalue weighted by atomic mass is 10.2. The lowest BCUT2D eigenvalue weighted by Crippen LogP contribution is -2.09. The van der Waals surface area contributed by atoms with Gasteiger partial charge in [-0.25, -0.2) is 14.8 Å². The second-order valence-corrected chi connectivity index (χ2v) is 4.89. The smallest absolute Gasteiger partial charge is 0.354 e. The summed E-state index contributed by atoms with van der Waals surface area (Å²) in [6, 6.07) is 9.11. The van der Waals surface area contributed by atoms with Crippen LogP contribution in [0.1, 0.15) is 23.3 Å². The molecule has 1 aromatic carbocycles. The number of para-hydroxylation sites is 1. The summed E-state index contributed by atoms with van der Waals surface area (Å²) in [5.74, 6) is 0.408. The zero-order valence-electron chi connectivity index (χ0n) is 11.5. The number of nitrogens with one attached hydrogen (secondary N) is 1. The number of anilines is 1. The largest absolute Gasteiger partial charge is 0.496 e. The minimum absolute atomic E-state index is 0.0333. The highest BCUT2D eigenvalue weighted by molar-refractivity contribution is 5.87. The van der Waals surface area contributed by atoms with Gasteiger partial charge in [0.2, 0.25) is 0 Å². The molecule has 1 fully saturated rings. The van der Waals surface area contributed by atoms with Crippen LogP contribution < -0.4 is 10.1 Å². The zero-order valence-corrected chi connectivity index (χ0v) is 11.5. The van der Waals surface area contributed by atoms with Gasteiger partial charge in [-0.15, -0.1) is 0 Å². The van der Waals surface area contributed by atoms with Gasteiger partial charge in [0, 0.05) is 12.1 Å². The number of aromatic carboxylic acids is 1. The van der Waals surface area contributed by atoms with Gasteiger partial charge < -0.3 is 15.2 Å². The van der Waals surface area contributed by atoms with Crippen molar-refractivity contribution >= 4 is 11.8 Å². The van der Waals surface area contributed by atoms with E-state index in [-0.39, 0.29) is 5.69 Å². The van der Waals surface area contributed by atoms with Crippen LogP contribution in [0.3, 0.4) is 0 Å². The number of methoxy groups -OCH3 is 1. The molecule has 0 unspecified atom stereocenters. The Kier molecular flexibility index (Phi) is 3.43. The van der Waals surface area contributed by atoms with Gasteiger partial charge in [0.25, 0.3) is 0 Å². The average Bonchev–Trinajstić information content (AvgIpc) is 3.30. The maximum atomic E-state index is 11.2. The summed E-state index contributed by atoms with van der Waals surface area (Å²) in [5, 5.41) is 12.4. The summed E-state index contributed by atoms with van der Waals surface area (Å²) in [6.45, 7) is 0. The van der Waals surface area contributed by atoms with E-state index in [2.05, 4.69) is 15.3 Å². The molecule has 108 valence electrons. The normalized spacial score (nSPS) is 13.8. The molecule has 1 aliphatic rings. The molecule has 6 heteroatoms. The molecular formula is C15H15N3O3. The summed E-state index contributed by atoms with van der Waals surface area (Å²) in [5.41, 5.74) is 0.635. The van der Waals surface area contributed by atoms with Crippen LogP contribution in [-0.4, -0.2) is 34.2 Å². The second kappa shape index (κ2) is 5.40. The number of carboxylic acid groups (broad SMARTS) is 1. The Morgan fingerprint density at radius 2 is 2.10 bits per heavy atom. The summed E-state index contributed by atoms with van der Waals surface area (Å²) in [6.07, 6.45) is 2.16. The fraction of sp³-hybridized carbons (Fsp3) is 0.267. The maximum Gasteiger partial charge on any atom is 0.354 e. The quantitative estimate of drug-likeness (QED) is 0.877. The molecule has 2 N–H and O–H groups in total. The van der Waals surface area contributed by atoms with Crippen LogP contribution in [-0.2, 0) is 0 Å². The molecule has 1 aliphatic carbocycles. The maximum absolute atomic E-state index is 11.2. The van der Waals surface area contributed by atoms with Crippen LogP contribution in [0, 0.1) is 0 Å². The predicted octanol–water partition coefficient (Wildman–Crippen LogP) is 2.42. The number of ether oxygens (including phenoxy) is 1. The first-order valence-electron chi connectivity index (χ1n) is 6.69. The van der Waals surface area contributed by atoms with Crippen molar-refractivity contribution in [2.24, 2.45) is 0 Å². The van der Waals surface area contributed by atoms with E-state index in [9.17, 15) is 9.90 Å². The van der Waals surface area contributed by atoms with Crippen molar-refractivity contribution < 1.29 is 14.6 Å². The van der Waals surface area contributed by atoms with Crippen LogP contribution in [0.4, 0.5) is 5.82 Å². The van der Waals surface area contributed by atoms with Crippen LogP contribution in [0.25, 0.3) is 11.4 Å². The highest BCUT2D eigenvalue weighted by atomic mass is 16.5. The van der Waals surface area contributed by atoms with Gasteiger partial charge in [0.15, 0.2) is 11.5 Å². The number of carboxylic acids is 1. The number of rotatable bonds is 5. The molecule has 0 aliphatic heterocycles. The molecule has 0 atom stereocenters. The Balaban J connectivity index is 2.07. The van der Waals surface area contributed by atoms with E-state index in [1.54, 1.807) is 19.2 Å². The highest BCUT2D eigenvalue weighted by Crippen LogP contribution is 2.29. The Labute approximate surface area is 121 Å². The first kappa shape index (κ1) is 13.4. The lowest BCUT2D eigenvalue weighted by molar-refractivity contribution is 0.0690. The molecule has 1 saturated carbocycles. The summed E-state index contributed by atoms with van der Waals surface area (Å²) in [7, 11) is 1.56. The Bertz CT molecular complexity index is 684. The number of hydrogen-bond donors (Lipinski definition) is 2. The van der Waals surface area contributed by atoms with Gasteiger partial charge in [-0.05, 0) is 25.0 Å². The van der Waals surface area contributed by atoms with E-state index in [0.29, 0.717) is 29.0 Å². The number of aromatic nitrogens is 2. The van der Waals surface area contributed by atoms with E-state index in [0.717, 1.165) is 12.8 Å². The van der Waals surface area contributed by atoms with E-state index in [1.165, 1.54) is 6.07 Å². The van der Waals surface area contributed by atoms with Crippen molar-refractivity contribution in [3.05, 3.63) is 36.0 Å². The summed E-state index contributed by atoms with van der Waals surface area (Å²) in [4.78, 5) is 19.8. The Hall–Kier alpha value is -2.63. The molecule has 21 heavy (non-hydrogen) atoms. The van der Waals surface area contributed by atoms with Gasteiger partial charge in [-0.2, -0.15) is 0 Å². The molecule has 0 bridgehead atoms. The molecule has 6 nitrogen and oxygen atoms in total. The third-order valence-corrected chi connectivity index (χ3v) is 3.22. The highest BCUT2D eigenvalue weighted by Gasteiger charge is 2.23. The standard InChI is InChI=1S/C15H15N3O3/c1-21-12-5-3-2-4-10(12)14-17-11(15(19)20)8-13(18-14)16-9-6-7-9/h2-5,8-9H,6-7H2,1H3,(H,19,20)(H,16,17,18). The second-order valence-electron chi connectivity index (χ2n) is 4.89. The SMILES string of the molecule is COc1ccccc1-c1nc(NC2CC2)cc(C(=O)O)n1. The molecule has 1 aromatic heterocycles. The predicted molar refractivity (Wildman–Crippen MR) is 77.6 cm³/mol. The van der Waals surface area contributed by atoms with Crippen LogP contribution in [0.5, 0.6) is 5.75 Å². The van der Waals surface area contributed by atoms with Gasteiger partial charge in [0.05, 0.1) is 12.7 Å². The van der Waals surface area contributed by atoms with Crippen molar-refractivity contribution in [2.45, 2.75) is 18.9 Å². The molecule has 0 spiro atoms. The fourth-order valence-electron chi connectivity index (χ4n) is 2.02. The summed E-state index contributed by atoms with van der Waals surface area (Å²) < 4.78 is 5.29. The van der Waals surface area contributed by atoms with Gasteiger partial charge in [-0.1, -0.05) is 12.1 Å². The van der Waals surface area contributed by atoms with Crippen LogP contribution in [0.2, 0.25) is 0 Å². The van der Waals surface area contributed by atoms with E-state index in [4.69, 9.17) is 4.74 Å². The Morgan fingerprint density at radius 1 is 1.33 bits per heavy atom. The monoisotopic (exact) mass is 285 g/mol. The third kappa shape index (κ3) is 2.94. The van der Waals surface area contributed by atoms with Gasteiger partial charge in [-0.3, -0.25) is 0 Å². The molecule has 3 rings (SSSR count). The van der Waals surface area contributed by atoms with Gasteiger partial charge in [0.1, 0.15) is 11.6 Å². The average molecular weight is 285 g/mol. The number of benzene rings is 1. The molecule has 0 radical (unpaired) electrons. The summed E-state index contributed by atoms with van der Waals surface area (Å²) >= 11 is 0. The lowest BCUT2D eigenvalue weighted by Gasteiger charge is -2.10. The minimum Gasteiger partial charge on any atom is -0.496 e. The molecular weight excluding hydrogens is 270 g/mol. The van der Waals surface area contributed by atoms with Crippen molar-refractivity contribution in [1.82, 2.24) is 9.97 Å². The van der Waals surface area contributed by atoms with E-state index in [1.807, 2.05) is 12.1 Å². The van der Waals surface area contributed by atoms with Crippen LogP contribution >= 0.6 is 0 Å². The Morgan fingerprint density at radius 3 is 2.76 bits per heavy atom. The van der Waals surface area contributed by atoms with Crippen molar-refractivity contribution in [2.75, 3.05) is 12.4 Å². The molecule has 0 amide bonds. The van der Waals surface area contributed by atoms with E-state index < -0.39 is 5.97 Å². The fourth-order valence-corrected chi connectivity index (χ4v) is 2.02. The number of nitrogens with zero attached hydrogens (tertiary/aromatic N) is 2. The number of hydrogen-bond acceptors (Lipinski definition) is 5. The molecule has 2 aromatic rings. The first-order chi connectivity index (χ1) is 10.2. The van der Waals surface area contributed by atoms with Crippen molar-refractivity contribution in [3.63, 3.8) is 0 Å². The third-order valence-electron chi connectivity index (χ3n) is 3.22. The molecule has 1 heterocycles. The molecule has 0 saturated heterocycles. The zero-order chi connectivity index (χ0) is 14.8. The van der Waals surface area contributed by atoms with E-state index >= 15 is 0 Å². The minimum atomic E-state index is -1.08.